The van der Waals surface area contributed by atoms with Crippen molar-refractivity contribution in [1.82, 2.24) is 20.0 Å². The minimum atomic E-state index is -0.765. The van der Waals surface area contributed by atoms with Crippen LogP contribution < -0.4 is 5.32 Å². The number of amides is 3. The minimum Gasteiger partial charge on any atom is -0.310 e. The van der Waals surface area contributed by atoms with Crippen LogP contribution in [0, 0.1) is 0 Å². The first kappa shape index (κ1) is 11.6. The van der Waals surface area contributed by atoms with E-state index >= 15 is 0 Å². The number of carbonyl (C=O) groups excluding carboxylic acids is 2. The average Bonchev–Trinajstić information content (AvgIpc) is 2.70. The predicted molar refractivity (Wildman–Crippen MR) is 61.2 cm³/mol. The molecule has 1 aliphatic rings. The third-order valence-electron chi connectivity index (χ3n) is 3.08. The molecule has 6 heteroatoms. The Bertz CT molecular complexity index is 464. The SMILES string of the molecule is Cn1cc(CCN2C(=O)NC(=O)C2(C)C)cn1. The molecule has 1 aromatic rings. The number of hydrogen-bond donors (Lipinski definition) is 1. The molecule has 0 bridgehead atoms. The number of carbonyl (C=O) groups is 2. The Morgan fingerprint density at radius 2 is 2.12 bits per heavy atom. The van der Waals surface area contributed by atoms with Crippen molar-refractivity contribution < 1.29 is 9.59 Å². The summed E-state index contributed by atoms with van der Waals surface area (Å²) in [4.78, 5) is 24.7. The zero-order valence-electron chi connectivity index (χ0n) is 10.2. The summed E-state index contributed by atoms with van der Waals surface area (Å²) in [5.74, 6) is -0.242. The van der Waals surface area contributed by atoms with Crippen LogP contribution in [0.15, 0.2) is 12.4 Å². The third-order valence-corrected chi connectivity index (χ3v) is 3.08. The van der Waals surface area contributed by atoms with Crippen molar-refractivity contribution in [2.45, 2.75) is 25.8 Å². The molecule has 0 aliphatic carbocycles. The standard InChI is InChI=1S/C11H16N4O2/c1-11(2)9(16)13-10(17)15(11)5-4-8-6-12-14(3)7-8/h6-7H,4-5H2,1-3H3,(H,13,16,17). The second-order valence-corrected chi connectivity index (χ2v) is 4.74. The number of rotatable bonds is 3. The third kappa shape index (κ3) is 2.02. The van der Waals surface area contributed by atoms with Gasteiger partial charge in [-0.1, -0.05) is 0 Å². The Hall–Kier alpha value is -1.85. The van der Waals surface area contributed by atoms with E-state index in [4.69, 9.17) is 0 Å². The molecule has 1 aromatic heterocycles. The fourth-order valence-corrected chi connectivity index (χ4v) is 1.92. The van der Waals surface area contributed by atoms with Crippen molar-refractivity contribution >= 4 is 11.9 Å². The minimum absolute atomic E-state index is 0.242. The van der Waals surface area contributed by atoms with Gasteiger partial charge in [0, 0.05) is 19.8 Å². The van der Waals surface area contributed by atoms with Crippen LogP contribution in [0.4, 0.5) is 4.79 Å². The highest BCUT2D eigenvalue weighted by atomic mass is 16.2. The Morgan fingerprint density at radius 1 is 1.41 bits per heavy atom. The number of urea groups is 1. The number of nitrogens with zero attached hydrogens (tertiary/aromatic N) is 3. The van der Waals surface area contributed by atoms with Crippen molar-refractivity contribution in [3.05, 3.63) is 18.0 Å². The zero-order valence-corrected chi connectivity index (χ0v) is 10.2. The maximum atomic E-state index is 11.6. The molecule has 0 radical (unpaired) electrons. The van der Waals surface area contributed by atoms with E-state index in [2.05, 4.69) is 10.4 Å². The maximum Gasteiger partial charge on any atom is 0.325 e. The molecule has 2 heterocycles. The van der Waals surface area contributed by atoms with Crippen molar-refractivity contribution in [3.8, 4) is 0 Å². The summed E-state index contributed by atoms with van der Waals surface area (Å²) >= 11 is 0. The van der Waals surface area contributed by atoms with Gasteiger partial charge in [0.15, 0.2) is 0 Å². The average molecular weight is 236 g/mol. The van der Waals surface area contributed by atoms with E-state index in [1.807, 2.05) is 13.2 Å². The van der Waals surface area contributed by atoms with Crippen molar-refractivity contribution in [1.29, 1.82) is 0 Å². The van der Waals surface area contributed by atoms with Crippen LogP contribution in [0.1, 0.15) is 19.4 Å². The Morgan fingerprint density at radius 3 is 2.59 bits per heavy atom. The highest BCUT2D eigenvalue weighted by Gasteiger charge is 2.44. The van der Waals surface area contributed by atoms with E-state index < -0.39 is 5.54 Å². The molecule has 1 saturated heterocycles. The molecule has 0 spiro atoms. The molecule has 92 valence electrons. The summed E-state index contributed by atoms with van der Waals surface area (Å²) in [6.07, 6.45) is 4.36. The highest BCUT2D eigenvalue weighted by Crippen LogP contribution is 2.20. The zero-order chi connectivity index (χ0) is 12.6. The van der Waals surface area contributed by atoms with Crippen LogP contribution >= 0.6 is 0 Å². The first-order valence-corrected chi connectivity index (χ1v) is 5.52. The lowest BCUT2D eigenvalue weighted by Crippen LogP contribution is -2.45. The van der Waals surface area contributed by atoms with Gasteiger partial charge in [-0.25, -0.2) is 4.79 Å². The highest BCUT2D eigenvalue weighted by molar-refractivity contribution is 6.06. The van der Waals surface area contributed by atoms with Crippen molar-refractivity contribution in [2.75, 3.05) is 6.54 Å². The van der Waals surface area contributed by atoms with Crippen LogP contribution in [0.2, 0.25) is 0 Å². The summed E-state index contributed by atoms with van der Waals surface area (Å²) < 4.78 is 1.72. The van der Waals surface area contributed by atoms with Crippen LogP contribution in [0.5, 0.6) is 0 Å². The molecule has 1 fully saturated rings. The summed E-state index contributed by atoms with van der Waals surface area (Å²) in [5, 5.41) is 6.39. The molecule has 0 aromatic carbocycles. The molecule has 0 atom stereocenters. The second-order valence-electron chi connectivity index (χ2n) is 4.74. The fourth-order valence-electron chi connectivity index (χ4n) is 1.92. The van der Waals surface area contributed by atoms with E-state index in [1.165, 1.54) is 0 Å². The maximum absolute atomic E-state index is 11.6. The first-order chi connectivity index (χ1) is 7.91. The Labute approximate surface area is 99.6 Å². The van der Waals surface area contributed by atoms with Gasteiger partial charge in [-0.05, 0) is 25.8 Å². The van der Waals surface area contributed by atoms with Crippen LogP contribution in [0.25, 0.3) is 0 Å². The Kier molecular flexibility index (Phi) is 2.65. The molecule has 6 nitrogen and oxygen atoms in total. The molecule has 2 rings (SSSR count). The quantitative estimate of drug-likeness (QED) is 0.767. The van der Waals surface area contributed by atoms with Gasteiger partial charge in [-0.3, -0.25) is 14.8 Å². The molecule has 0 saturated carbocycles. The van der Waals surface area contributed by atoms with Gasteiger partial charge in [0.25, 0.3) is 5.91 Å². The number of aryl methyl sites for hydroxylation is 1. The molecular formula is C11H16N4O2. The number of imide groups is 1. The molecule has 0 unspecified atom stereocenters. The number of nitrogens with one attached hydrogen (secondary N) is 1. The van der Waals surface area contributed by atoms with Gasteiger partial charge in [-0.2, -0.15) is 5.10 Å². The van der Waals surface area contributed by atoms with Gasteiger partial charge in [0.1, 0.15) is 5.54 Å². The largest absolute Gasteiger partial charge is 0.325 e. The number of aromatic nitrogens is 2. The lowest BCUT2D eigenvalue weighted by molar-refractivity contribution is -0.125. The summed E-state index contributed by atoms with van der Waals surface area (Å²) in [7, 11) is 1.85. The van der Waals surface area contributed by atoms with Crippen molar-refractivity contribution in [3.63, 3.8) is 0 Å². The first-order valence-electron chi connectivity index (χ1n) is 5.52. The summed E-state index contributed by atoms with van der Waals surface area (Å²) in [5.41, 5.74) is 0.287. The topological polar surface area (TPSA) is 67.2 Å². The normalized spacial score (nSPS) is 18.6. The van der Waals surface area contributed by atoms with Crippen molar-refractivity contribution in [2.24, 2.45) is 7.05 Å². The molecule has 3 amide bonds. The predicted octanol–water partition coefficient (Wildman–Crippen LogP) is 0.293. The van der Waals surface area contributed by atoms with Gasteiger partial charge in [0.05, 0.1) is 6.20 Å². The summed E-state index contributed by atoms with van der Waals surface area (Å²) in [6, 6.07) is -0.316. The monoisotopic (exact) mass is 236 g/mol. The molecule has 1 aliphatic heterocycles. The van der Waals surface area contributed by atoms with E-state index in [-0.39, 0.29) is 11.9 Å². The van der Waals surface area contributed by atoms with Gasteiger partial charge in [0.2, 0.25) is 0 Å². The lowest BCUT2D eigenvalue weighted by Gasteiger charge is -2.27. The van der Waals surface area contributed by atoms with Gasteiger partial charge in [-0.15, -0.1) is 0 Å². The Balaban J connectivity index is 2.04. The van der Waals surface area contributed by atoms with E-state index in [9.17, 15) is 9.59 Å². The molecular weight excluding hydrogens is 220 g/mol. The fraction of sp³-hybridized carbons (Fsp3) is 0.545. The smallest absolute Gasteiger partial charge is 0.310 e. The van der Waals surface area contributed by atoms with Crippen LogP contribution in [-0.2, 0) is 18.3 Å². The second kappa shape index (κ2) is 3.87. The summed E-state index contributed by atoms with van der Waals surface area (Å²) in [6.45, 7) is 4.00. The molecule has 1 N–H and O–H groups in total. The number of hydrogen-bond acceptors (Lipinski definition) is 3. The van der Waals surface area contributed by atoms with E-state index in [1.54, 1.807) is 29.6 Å². The van der Waals surface area contributed by atoms with E-state index in [0.717, 1.165) is 5.56 Å². The molecule has 17 heavy (non-hydrogen) atoms. The lowest BCUT2D eigenvalue weighted by atomic mass is 10.0. The van der Waals surface area contributed by atoms with E-state index in [0.29, 0.717) is 13.0 Å². The van der Waals surface area contributed by atoms with Crippen LogP contribution in [0.3, 0.4) is 0 Å². The van der Waals surface area contributed by atoms with Gasteiger partial charge >= 0.3 is 6.03 Å². The van der Waals surface area contributed by atoms with Gasteiger partial charge < -0.3 is 4.90 Å². The van der Waals surface area contributed by atoms with Crippen LogP contribution in [-0.4, -0.2) is 38.7 Å².